The van der Waals surface area contributed by atoms with Crippen LogP contribution < -0.4 is 16.0 Å². The average molecular weight is 454 g/mol. The fourth-order valence-corrected chi connectivity index (χ4v) is 3.70. The van der Waals surface area contributed by atoms with Gasteiger partial charge in [-0.15, -0.1) is 0 Å². The number of carbonyl (C=O) groups is 1. The normalized spacial score (nSPS) is 12.2. The van der Waals surface area contributed by atoms with Crippen molar-refractivity contribution in [3.63, 3.8) is 0 Å². The van der Waals surface area contributed by atoms with E-state index in [2.05, 4.69) is 10.2 Å². The Labute approximate surface area is 188 Å². The van der Waals surface area contributed by atoms with Gasteiger partial charge in [0.1, 0.15) is 12.0 Å². The molecule has 0 atom stereocenters. The molecule has 0 spiro atoms. The Bertz CT molecular complexity index is 1240. The van der Waals surface area contributed by atoms with Crippen molar-refractivity contribution in [2.45, 2.75) is 32.1 Å². The lowest BCUT2D eigenvalue weighted by molar-refractivity contribution is -0.387. The fraction of sp³-hybridized carbons (Fsp3) is 0.261. The topological polar surface area (TPSA) is 141 Å². The van der Waals surface area contributed by atoms with Crippen molar-refractivity contribution >= 4 is 17.7 Å². The van der Waals surface area contributed by atoms with Gasteiger partial charge >= 0.3 is 5.69 Å². The third-order valence-corrected chi connectivity index (χ3v) is 5.35. The lowest BCUT2D eigenvalue weighted by Crippen LogP contribution is -2.23. The molecule has 0 unspecified atom stereocenters. The first kappa shape index (κ1) is 23.6. The second-order valence-electron chi connectivity index (χ2n) is 7.50. The van der Waals surface area contributed by atoms with E-state index in [0.29, 0.717) is 24.1 Å². The second-order valence-corrected chi connectivity index (χ2v) is 7.50. The van der Waals surface area contributed by atoms with Gasteiger partial charge in [-0.05, 0) is 61.1 Å². The third-order valence-electron chi connectivity index (χ3n) is 5.35. The lowest BCUT2D eigenvalue weighted by atomic mass is 9.90. The molecule has 3 aromatic rings. The van der Waals surface area contributed by atoms with Crippen LogP contribution in [-0.2, 0) is 19.3 Å². The number of rotatable bonds is 5. The number of nitrogens with zero attached hydrogens (tertiary/aromatic N) is 2. The standard InChI is InChI=1S/C16H19N3O2.C7H4FNO3/c1-21-15-7-6-10(8-13(15)17)9-14-11-4-2-3-5-12(11)16(20)19-18-14;8-6-2-1-5(4-10)3-7(6)9(11)12/h6-8H,2-5,9,17H2,1H3,(H,19,20);1-4H. The molecule has 1 aliphatic carbocycles. The first-order valence-electron chi connectivity index (χ1n) is 10.2. The minimum Gasteiger partial charge on any atom is -0.495 e. The number of anilines is 1. The number of nitrogen functional groups attached to an aromatic ring is 1. The highest BCUT2D eigenvalue weighted by molar-refractivity contribution is 5.76. The maximum absolute atomic E-state index is 12.6. The van der Waals surface area contributed by atoms with Gasteiger partial charge in [0.15, 0.2) is 0 Å². The summed E-state index contributed by atoms with van der Waals surface area (Å²) in [7, 11) is 1.60. The predicted molar refractivity (Wildman–Crippen MR) is 120 cm³/mol. The molecule has 172 valence electrons. The van der Waals surface area contributed by atoms with Crippen LogP contribution in [0.15, 0.2) is 41.2 Å². The van der Waals surface area contributed by atoms with Crippen LogP contribution in [0.25, 0.3) is 0 Å². The number of aromatic nitrogens is 2. The van der Waals surface area contributed by atoms with E-state index in [9.17, 15) is 24.1 Å². The Balaban J connectivity index is 0.000000218. The van der Waals surface area contributed by atoms with Crippen molar-refractivity contribution < 1.29 is 18.8 Å². The number of fused-ring (bicyclic) bond motifs is 1. The summed E-state index contributed by atoms with van der Waals surface area (Å²) in [6.07, 6.45) is 5.09. The number of hydrogen-bond acceptors (Lipinski definition) is 7. The molecule has 0 amide bonds. The molecule has 0 saturated carbocycles. The number of halogens is 1. The molecular weight excluding hydrogens is 431 g/mol. The van der Waals surface area contributed by atoms with Crippen molar-refractivity contribution in [3.05, 3.63) is 90.6 Å². The highest BCUT2D eigenvalue weighted by Gasteiger charge is 2.18. The smallest absolute Gasteiger partial charge is 0.305 e. The zero-order valence-electron chi connectivity index (χ0n) is 18.0. The highest BCUT2D eigenvalue weighted by atomic mass is 19.1. The van der Waals surface area contributed by atoms with E-state index in [1.165, 1.54) is 6.07 Å². The molecular formula is C23H23FN4O5. The molecule has 0 aliphatic heterocycles. The molecule has 0 bridgehead atoms. The lowest BCUT2D eigenvalue weighted by Gasteiger charge is -2.17. The van der Waals surface area contributed by atoms with Crippen LogP contribution in [-0.4, -0.2) is 28.5 Å². The first-order valence-corrected chi connectivity index (χ1v) is 10.2. The highest BCUT2D eigenvalue weighted by Crippen LogP contribution is 2.26. The van der Waals surface area contributed by atoms with Crippen LogP contribution in [0.5, 0.6) is 5.75 Å². The van der Waals surface area contributed by atoms with Gasteiger partial charge in [-0.1, -0.05) is 6.07 Å². The molecule has 3 N–H and O–H groups in total. The quantitative estimate of drug-likeness (QED) is 0.260. The van der Waals surface area contributed by atoms with Crippen molar-refractivity contribution in [1.82, 2.24) is 10.2 Å². The van der Waals surface area contributed by atoms with Crippen LogP contribution in [0.4, 0.5) is 15.8 Å². The van der Waals surface area contributed by atoms with Gasteiger partial charge in [-0.3, -0.25) is 19.7 Å². The molecule has 0 fully saturated rings. The molecule has 0 saturated heterocycles. The number of H-pyrrole nitrogens is 1. The fourth-order valence-electron chi connectivity index (χ4n) is 3.70. The number of methoxy groups -OCH3 is 1. The summed E-state index contributed by atoms with van der Waals surface area (Å²) in [5, 5.41) is 17.0. The maximum atomic E-state index is 12.6. The number of nitro groups is 1. The average Bonchev–Trinajstić information content (AvgIpc) is 2.82. The van der Waals surface area contributed by atoms with Crippen LogP contribution in [0.2, 0.25) is 0 Å². The zero-order valence-corrected chi connectivity index (χ0v) is 18.0. The van der Waals surface area contributed by atoms with Crippen LogP contribution in [0, 0.1) is 15.9 Å². The molecule has 10 heteroatoms. The van der Waals surface area contributed by atoms with Gasteiger partial charge in [-0.25, -0.2) is 5.10 Å². The van der Waals surface area contributed by atoms with Crippen LogP contribution in [0.3, 0.4) is 0 Å². The van der Waals surface area contributed by atoms with Gasteiger partial charge in [0.2, 0.25) is 5.82 Å². The van der Waals surface area contributed by atoms with Crippen molar-refractivity contribution in [3.8, 4) is 5.75 Å². The van der Waals surface area contributed by atoms with E-state index in [1.807, 2.05) is 18.2 Å². The zero-order chi connectivity index (χ0) is 24.0. The maximum Gasteiger partial charge on any atom is 0.305 e. The van der Waals surface area contributed by atoms with Crippen molar-refractivity contribution in [2.75, 3.05) is 12.8 Å². The summed E-state index contributed by atoms with van der Waals surface area (Å²) in [6.45, 7) is 0. The Morgan fingerprint density at radius 1 is 1.21 bits per heavy atom. The minimum atomic E-state index is -0.939. The molecule has 9 nitrogen and oxygen atoms in total. The Morgan fingerprint density at radius 3 is 2.58 bits per heavy atom. The number of nitrogens with two attached hydrogens (primary N) is 1. The van der Waals surface area contributed by atoms with E-state index in [0.717, 1.165) is 60.2 Å². The summed E-state index contributed by atoms with van der Waals surface area (Å²) in [5.41, 5.74) is 9.99. The Morgan fingerprint density at radius 2 is 1.94 bits per heavy atom. The monoisotopic (exact) mass is 454 g/mol. The summed E-state index contributed by atoms with van der Waals surface area (Å²) in [6, 6.07) is 8.71. The molecule has 4 rings (SSSR count). The number of nitrogens with one attached hydrogen (secondary N) is 1. The third kappa shape index (κ3) is 5.59. The number of benzene rings is 2. The summed E-state index contributed by atoms with van der Waals surface area (Å²) >= 11 is 0. The molecule has 0 radical (unpaired) electrons. The largest absolute Gasteiger partial charge is 0.495 e. The number of aromatic amines is 1. The summed E-state index contributed by atoms with van der Waals surface area (Å²) < 4.78 is 17.8. The van der Waals surface area contributed by atoms with Crippen LogP contribution >= 0.6 is 0 Å². The van der Waals surface area contributed by atoms with Gasteiger partial charge in [-0.2, -0.15) is 9.49 Å². The van der Waals surface area contributed by atoms with E-state index >= 15 is 0 Å². The first-order chi connectivity index (χ1) is 15.8. The predicted octanol–water partition coefficient (Wildman–Crippen LogP) is 3.38. The Hall–Kier alpha value is -4.08. The Kier molecular flexibility index (Phi) is 7.50. The van der Waals surface area contributed by atoms with E-state index in [4.69, 9.17) is 10.5 Å². The van der Waals surface area contributed by atoms with Crippen LogP contribution in [0.1, 0.15) is 45.6 Å². The number of nitro benzene ring substituents is 1. The van der Waals surface area contributed by atoms with E-state index < -0.39 is 16.4 Å². The molecule has 33 heavy (non-hydrogen) atoms. The second kappa shape index (κ2) is 10.5. The molecule has 1 aromatic heterocycles. The molecule has 2 aromatic carbocycles. The number of carbonyl (C=O) groups excluding carboxylic acids is 1. The van der Waals surface area contributed by atoms with Gasteiger partial charge in [0, 0.05) is 23.6 Å². The van der Waals surface area contributed by atoms with Crippen molar-refractivity contribution in [1.29, 1.82) is 0 Å². The summed E-state index contributed by atoms with van der Waals surface area (Å²) in [5.74, 6) is -0.263. The molecule has 1 heterocycles. The SMILES string of the molecule is COc1ccc(Cc2n[nH]c(=O)c3c2CCCC3)cc1N.O=Cc1ccc(F)c([N+](=O)[O-])c1. The van der Waals surface area contributed by atoms with E-state index in [-0.39, 0.29) is 11.1 Å². The van der Waals surface area contributed by atoms with Gasteiger partial charge in [0.25, 0.3) is 5.56 Å². The molecule has 1 aliphatic rings. The number of hydrogen-bond donors (Lipinski definition) is 2. The number of aldehydes is 1. The van der Waals surface area contributed by atoms with E-state index in [1.54, 1.807) is 7.11 Å². The van der Waals surface area contributed by atoms with Crippen molar-refractivity contribution in [2.24, 2.45) is 0 Å². The van der Waals surface area contributed by atoms with Gasteiger partial charge in [0.05, 0.1) is 23.4 Å². The minimum absolute atomic E-state index is 0.0392. The summed E-state index contributed by atoms with van der Waals surface area (Å²) in [4.78, 5) is 31.3. The van der Waals surface area contributed by atoms with Gasteiger partial charge < -0.3 is 10.5 Å². The number of ether oxygens (including phenoxy) is 1.